The molecular weight excluding hydrogens is 424 g/mol. The number of sulfonamides is 1. The minimum absolute atomic E-state index is 0.0365. The number of amides is 1. The van der Waals surface area contributed by atoms with E-state index in [0.717, 1.165) is 23.2 Å². The van der Waals surface area contributed by atoms with Gasteiger partial charge >= 0.3 is 0 Å². The zero-order valence-electron chi connectivity index (χ0n) is 16.5. The molecule has 0 atom stereocenters. The molecule has 0 saturated carbocycles. The molecule has 0 aliphatic carbocycles. The smallest absolute Gasteiger partial charge is 0.242 e. The number of carbonyl (C=O) groups is 1. The number of benzene rings is 1. The Kier molecular flexibility index (Phi) is 5.93. The molecule has 11 heteroatoms. The third kappa shape index (κ3) is 4.42. The van der Waals surface area contributed by atoms with Gasteiger partial charge in [0.1, 0.15) is 21.7 Å². The second-order valence-electron chi connectivity index (χ2n) is 7.04. The van der Waals surface area contributed by atoms with Crippen LogP contribution in [0, 0.1) is 6.92 Å². The van der Waals surface area contributed by atoms with Gasteiger partial charge in [0.2, 0.25) is 15.9 Å². The highest BCUT2D eigenvalue weighted by molar-refractivity contribution is 7.89. The third-order valence-corrected chi connectivity index (χ3v) is 7.03. The van der Waals surface area contributed by atoms with Gasteiger partial charge in [-0.1, -0.05) is 12.1 Å². The summed E-state index contributed by atoms with van der Waals surface area (Å²) in [4.78, 5) is 21.1. The van der Waals surface area contributed by atoms with E-state index in [1.165, 1.54) is 6.07 Å². The summed E-state index contributed by atoms with van der Waals surface area (Å²) >= 11 is 0.968. The highest BCUT2D eigenvalue weighted by atomic mass is 32.2. The van der Waals surface area contributed by atoms with Crippen LogP contribution in [-0.2, 0) is 14.8 Å². The minimum atomic E-state index is -3.77. The Hall–Kier alpha value is -2.63. The number of piperazine rings is 1. The number of hydrogen-bond donors (Lipinski definition) is 1. The lowest BCUT2D eigenvalue weighted by Crippen LogP contribution is -2.49. The second-order valence-corrected chi connectivity index (χ2v) is 9.30. The summed E-state index contributed by atoms with van der Waals surface area (Å²) in [5, 5.41) is 0. The Balaban J connectivity index is 1.30. The van der Waals surface area contributed by atoms with Crippen molar-refractivity contribution in [2.24, 2.45) is 0 Å². The number of aryl methyl sites for hydroxylation is 1. The number of carbonyl (C=O) groups excluding carboxylic acids is 1. The molecule has 0 bridgehead atoms. The maximum atomic E-state index is 12.6. The number of hydrogen-bond acceptors (Lipinski definition) is 8. The van der Waals surface area contributed by atoms with Crippen molar-refractivity contribution < 1.29 is 13.2 Å². The van der Waals surface area contributed by atoms with Crippen LogP contribution in [0.5, 0.6) is 0 Å². The summed E-state index contributed by atoms with van der Waals surface area (Å²) in [6.07, 6.45) is 0.104. The standard InChI is InChI=1S/C19H22N6O3S2/c1-14-4-2-7-17(21-14)24-10-12-25(13-11-24)18(26)8-9-20-30(27,28)16-6-3-5-15-19(16)23-29-22-15/h2-7,20H,8-13H2,1H3. The van der Waals surface area contributed by atoms with E-state index in [9.17, 15) is 13.2 Å². The van der Waals surface area contributed by atoms with E-state index < -0.39 is 10.0 Å². The molecule has 3 heterocycles. The number of nitrogens with zero attached hydrogens (tertiary/aromatic N) is 5. The molecule has 1 saturated heterocycles. The van der Waals surface area contributed by atoms with Crippen LogP contribution in [-0.4, -0.2) is 65.7 Å². The van der Waals surface area contributed by atoms with Crippen LogP contribution in [0.2, 0.25) is 0 Å². The van der Waals surface area contributed by atoms with Crippen LogP contribution >= 0.6 is 11.7 Å². The lowest BCUT2D eigenvalue weighted by molar-refractivity contribution is -0.131. The van der Waals surface area contributed by atoms with Crippen LogP contribution in [0.1, 0.15) is 12.1 Å². The lowest BCUT2D eigenvalue weighted by atomic mass is 10.2. The van der Waals surface area contributed by atoms with E-state index in [0.29, 0.717) is 37.2 Å². The van der Waals surface area contributed by atoms with Crippen LogP contribution in [0.3, 0.4) is 0 Å². The van der Waals surface area contributed by atoms with Gasteiger partial charge in [-0.3, -0.25) is 4.79 Å². The number of anilines is 1. The number of rotatable bonds is 6. The Morgan fingerprint density at radius 2 is 1.87 bits per heavy atom. The molecule has 2 aromatic heterocycles. The fourth-order valence-corrected chi connectivity index (χ4v) is 5.21. The predicted octanol–water partition coefficient (Wildman–Crippen LogP) is 1.41. The van der Waals surface area contributed by atoms with Gasteiger partial charge in [0.25, 0.3) is 0 Å². The molecule has 1 aliphatic heterocycles. The Bertz CT molecular complexity index is 1160. The van der Waals surface area contributed by atoms with Crippen LogP contribution < -0.4 is 9.62 Å². The van der Waals surface area contributed by atoms with Crippen LogP contribution in [0.15, 0.2) is 41.3 Å². The highest BCUT2D eigenvalue weighted by Gasteiger charge is 2.23. The number of pyridine rings is 1. The van der Waals surface area contributed by atoms with Gasteiger partial charge in [-0.25, -0.2) is 18.1 Å². The predicted molar refractivity (Wildman–Crippen MR) is 115 cm³/mol. The normalized spacial score (nSPS) is 15.0. The first-order chi connectivity index (χ1) is 14.4. The molecule has 1 aliphatic rings. The molecule has 30 heavy (non-hydrogen) atoms. The van der Waals surface area contributed by atoms with Gasteiger partial charge < -0.3 is 9.80 Å². The summed E-state index contributed by atoms with van der Waals surface area (Å²) in [6.45, 7) is 4.57. The molecule has 1 amide bonds. The highest BCUT2D eigenvalue weighted by Crippen LogP contribution is 2.21. The molecule has 4 rings (SSSR count). The Labute approximate surface area is 179 Å². The first kappa shape index (κ1) is 20.6. The SMILES string of the molecule is Cc1cccc(N2CCN(C(=O)CCNS(=O)(=O)c3cccc4nsnc34)CC2)n1. The van der Waals surface area contributed by atoms with Gasteiger partial charge in [-0.2, -0.15) is 8.75 Å². The summed E-state index contributed by atoms with van der Waals surface area (Å²) in [6, 6.07) is 10.7. The van der Waals surface area contributed by atoms with Crippen molar-refractivity contribution in [1.82, 2.24) is 23.4 Å². The molecule has 3 aromatic rings. The van der Waals surface area contributed by atoms with E-state index in [1.807, 2.05) is 25.1 Å². The molecule has 0 spiro atoms. The van der Waals surface area contributed by atoms with Gasteiger partial charge in [-0.15, -0.1) is 0 Å². The zero-order valence-corrected chi connectivity index (χ0v) is 18.1. The van der Waals surface area contributed by atoms with E-state index in [4.69, 9.17) is 0 Å². The molecule has 1 aromatic carbocycles. The molecule has 0 radical (unpaired) electrons. The Morgan fingerprint density at radius 1 is 1.10 bits per heavy atom. The van der Waals surface area contributed by atoms with E-state index >= 15 is 0 Å². The quantitative estimate of drug-likeness (QED) is 0.610. The average Bonchev–Trinajstić information content (AvgIpc) is 3.22. The zero-order chi connectivity index (χ0) is 21.1. The van der Waals surface area contributed by atoms with E-state index in [1.54, 1.807) is 17.0 Å². The summed E-state index contributed by atoms with van der Waals surface area (Å²) in [5.41, 5.74) is 1.85. The van der Waals surface area contributed by atoms with E-state index in [2.05, 4.69) is 23.4 Å². The van der Waals surface area contributed by atoms with Crippen molar-refractivity contribution in [2.75, 3.05) is 37.6 Å². The van der Waals surface area contributed by atoms with Crippen molar-refractivity contribution in [3.8, 4) is 0 Å². The van der Waals surface area contributed by atoms with Crippen molar-refractivity contribution in [3.05, 3.63) is 42.1 Å². The summed E-state index contributed by atoms with van der Waals surface area (Å²) in [5.74, 6) is 0.851. The van der Waals surface area contributed by atoms with Gasteiger partial charge in [0.05, 0.1) is 11.7 Å². The minimum Gasteiger partial charge on any atom is -0.353 e. The molecule has 1 fully saturated rings. The second kappa shape index (κ2) is 8.62. The van der Waals surface area contributed by atoms with Gasteiger partial charge in [0, 0.05) is 44.8 Å². The third-order valence-electron chi connectivity index (χ3n) is 5.00. The topological polar surface area (TPSA) is 108 Å². The number of aromatic nitrogens is 3. The average molecular weight is 447 g/mol. The molecule has 9 nitrogen and oxygen atoms in total. The van der Waals surface area contributed by atoms with Gasteiger partial charge in [-0.05, 0) is 31.2 Å². The van der Waals surface area contributed by atoms with Crippen molar-refractivity contribution >= 4 is 44.5 Å². The number of fused-ring (bicyclic) bond motifs is 1. The molecular formula is C19H22N6O3S2. The number of nitrogens with one attached hydrogen (secondary N) is 1. The maximum Gasteiger partial charge on any atom is 0.242 e. The lowest BCUT2D eigenvalue weighted by Gasteiger charge is -2.35. The fourth-order valence-electron chi connectivity index (χ4n) is 3.42. The first-order valence-corrected chi connectivity index (χ1v) is 11.8. The molecule has 0 unspecified atom stereocenters. The fraction of sp³-hybridized carbons (Fsp3) is 0.368. The Morgan fingerprint density at radius 3 is 2.63 bits per heavy atom. The maximum absolute atomic E-state index is 12.6. The van der Waals surface area contributed by atoms with Crippen LogP contribution in [0.25, 0.3) is 11.0 Å². The van der Waals surface area contributed by atoms with Crippen molar-refractivity contribution in [3.63, 3.8) is 0 Å². The van der Waals surface area contributed by atoms with Gasteiger partial charge in [0.15, 0.2) is 0 Å². The van der Waals surface area contributed by atoms with Crippen molar-refractivity contribution in [1.29, 1.82) is 0 Å². The molecule has 1 N–H and O–H groups in total. The monoisotopic (exact) mass is 446 g/mol. The van der Waals surface area contributed by atoms with Crippen molar-refractivity contribution in [2.45, 2.75) is 18.2 Å². The largest absolute Gasteiger partial charge is 0.353 e. The first-order valence-electron chi connectivity index (χ1n) is 9.61. The summed E-state index contributed by atoms with van der Waals surface area (Å²) in [7, 11) is -3.77. The summed E-state index contributed by atoms with van der Waals surface area (Å²) < 4.78 is 35.9. The molecule has 158 valence electrons. The van der Waals surface area contributed by atoms with E-state index in [-0.39, 0.29) is 23.8 Å². The van der Waals surface area contributed by atoms with Crippen LogP contribution in [0.4, 0.5) is 5.82 Å².